The molecular formula is C26H22F2N6O. The third-order valence-electron chi connectivity index (χ3n) is 5.85. The van der Waals surface area contributed by atoms with E-state index >= 15 is 0 Å². The lowest BCUT2D eigenvalue weighted by Crippen LogP contribution is -2.26. The third-order valence-corrected chi connectivity index (χ3v) is 5.85. The Morgan fingerprint density at radius 2 is 1.74 bits per heavy atom. The standard InChI is InChI=1S/C26H22F2N6O/c27-21-5-3-6-22(28)19(21)15-30-24-20(25(35)31-14-17-8-11-29-12-9-17)16-32-26(33-24)34-13-10-18-4-1-2-7-23(18)34/h1-9,11-12,16H,10,13-15H2,(H,31,35)(H,30,32,33). The Hall–Kier alpha value is -4.40. The van der Waals surface area contributed by atoms with Crippen LogP contribution in [0.15, 0.2) is 73.2 Å². The largest absolute Gasteiger partial charge is 0.365 e. The first kappa shape index (κ1) is 22.4. The molecule has 3 heterocycles. The summed E-state index contributed by atoms with van der Waals surface area (Å²) in [6, 6.07) is 15.2. The highest BCUT2D eigenvalue weighted by atomic mass is 19.1. The molecule has 1 amide bonds. The summed E-state index contributed by atoms with van der Waals surface area (Å²) in [7, 11) is 0. The van der Waals surface area contributed by atoms with E-state index in [9.17, 15) is 13.6 Å². The number of halogens is 2. The summed E-state index contributed by atoms with van der Waals surface area (Å²) in [5.41, 5.74) is 3.09. The maximum absolute atomic E-state index is 14.2. The van der Waals surface area contributed by atoms with Gasteiger partial charge in [0.1, 0.15) is 23.0 Å². The molecule has 35 heavy (non-hydrogen) atoms. The molecule has 0 atom stereocenters. The number of aromatic nitrogens is 3. The highest BCUT2D eigenvalue weighted by molar-refractivity contribution is 5.98. The van der Waals surface area contributed by atoms with Crippen LogP contribution in [0.25, 0.3) is 0 Å². The molecule has 176 valence electrons. The predicted molar refractivity (Wildman–Crippen MR) is 128 cm³/mol. The van der Waals surface area contributed by atoms with Crippen LogP contribution in [-0.4, -0.2) is 27.4 Å². The maximum Gasteiger partial charge on any atom is 0.256 e. The van der Waals surface area contributed by atoms with Crippen molar-refractivity contribution in [3.63, 3.8) is 0 Å². The number of benzene rings is 2. The summed E-state index contributed by atoms with van der Waals surface area (Å²) in [6.45, 7) is 0.786. The van der Waals surface area contributed by atoms with E-state index in [4.69, 9.17) is 0 Å². The minimum absolute atomic E-state index is 0.137. The van der Waals surface area contributed by atoms with Crippen LogP contribution in [0.3, 0.4) is 0 Å². The highest BCUT2D eigenvalue weighted by Gasteiger charge is 2.24. The minimum atomic E-state index is -0.677. The van der Waals surface area contributed by atoms with E-state index in [1.54, 1.807) is 24.5 Å². The molecule has 2 aromatic carbocycles. The second-order valence-corrected chi connectivity index (χ2v) is 8.05. The summed E-state index contributed by atoms with van der Waals surface area (Å²) in [5.74, 6) is -1.18. The van der Waals surface area contributed by atoms with Gasteiger partial charge in [0.2, 0.25) is 5.95 Å². The van der Waals surface area contributed by atoms with Crippen molar-refractivity contribution >= 4 is 23.4 Å². The lowest BCUT2D eigenvalue weighted by molar-refractivity contribution is 0.0951. The van der Waals surface area contributed by atoms with Crippen molar-refractivity contribution in [1.29, 1.82) is 0 Å². The van der Waals surface area contributed by atoms with Crippen LogP contribution in [-0.2, 0) is 19.5 Å². The van der Waals surface area contributed by atoms with E-state index in [-0.39, 0.29) is 30.0 Å². The molecule has 0 radical (unpaired) electrons. The maximum atomic E-state index is 14.2. The average Bonchev–Trinajstić information content (AvgIpc) is 3.32. The summed E-state index contributed by atoms with van der Waals surface area (Å²) in [4.78, 5) is 28.0. The molecular weight excluding hydrogens is 450 g/mol. The van der Waals surface area contributed by atoms with Crippen LogP contribution >= 0.6 is 0 Å². The lowest BCUT2D eigenvalue weighted by atomic mass is 10.2. The van der Waals surface area contributed by atoms with Crippen LogP contribution in [0.4, 0.5) is 26.2 Å². The smallest absolute Gasteiger partial charge is 0.256 e. The lowest BCUT2D eigenvalue weighted by Gasteiger charge is -2.19. The van der Waals surface area contributed by atoms with Gasteiger partial charge in [-0.2, -0.15) is 4.98 Å². The number of pyridine rings is 1. The molecule has 0 bridgehead atoms. The Morgan fingerprint density at radius 3 is 2.54 bits per heavy atom. The molecule has 5 rings (SSSR count). The molecule has 2 aromatic heterocycles. The Labute approximate surface area is 200 Å². The SMILES string of the molecule is O=C(NCc1ccncc1)c1cnc(N2CCc3ccccc32)nc1NCc1c(F)cccc1F. The van der Waals surface area contributed by atoms with E-state index in [1.807, 2.05) is 23.1 Å². The van der Waals surface area contributed by atoms with Gasteiger partial charge in [0.25, 0.3) is 5.91 Å². The van der Waals surface area contributed by atoms with Crippen molar-refractivity contribution in [3.05, 3.63) is 107 Å². The predicted octanol–water partition coefficient (Wildman–Crippen LogP) is 4.39. The van der Waals surface area contributed by atoms with Crippen molar-refractivity contribution in [3.8, 4) is 0 Å². The van der Waals surface area contributed by atoms with Crippen LogP contribution < -0.4 is 15.5 Å². The fraction of sp³-hybridized carbons (Fsp3) is 0.154. The fourth-order valence-corrected chi connectivity index (χ4v) is 4.00. The highest BCUT2D eigenvalue weighted by Crippen LogP contribution is 2.33. The number of carbonyl (C=O) groups excluding carboxylic acids is 1. The van der Waals surface area contributed by atoms with Crippen molar-refractivity contribution in [2.75, 3.05) is 16.8 Å². The number of amides is 1. The first-order valence-corrected chi connectivity index (χ1v) is 11.2. The molecule has 0 fully saturated rings. The van der Waals surface area contributed by atoms with Crippen molar-refractivity contribution < 1.29 is 13.6 Å². The molecule has 1 aliphatic rings. The second-order valence-electron chi connectivity index (χ2n) is 8.05. The Bertz CT molecular complexity index is 1350. The zero-order valence-corrected chi connectivity index (χ0v) is 18.7. The van der Waals surface area contributed by atoms with Gasteiger partial charge in [-0.25, -0.2) is 13.8 Å². The van der Waals surface area contributed by atoms with Gasteiger partial charge < -0.3 is 15.5 Å². The molecule has 7 nitrogen and oxygen atoms in total. The van der Waals surface area contributed by atoms with Crippen LogP contribution in [0.1, 0.15) is 27.0 Å². The first-order chi connectivity index (χ1) is 17.1. The number of hydrogen-bond donors (Lipinski definition) is 2. The molecule has 1 aliphatic heterocycles. The summed E-state index contributed by atoms with van der Waals surface area (Å²) >= 11 is 0. The number of rotatable bonds is 7. The van der Waals surface area contributed by atoms with E-state index in [0.29, 0.717) is 12.5 Å². The van der Waals surface area contributed by atoms with Gasteiger partial charge in [0.15, 0.2) is 0 Å². The van der Waals surface area contributed by atoms with Crippen LogP contribution in [0.5, 0.6) is 0 Å². The zero-order valence-electron chi connectivity index (χ0n) is 18.7. The molecule has 0 aliphatic carbocycles. The van der Waals surface area contributed by atoms with Crippen molar-refractivity contribution in [1.82, 2.24) is 20.3 Å². The summed E-state index contributed by atoms with van der Waals surface area (Å²) < 4.78 is 28.4. The Morgan fingerprint density at radius 1 is 0.971 bits per heavy atom. The van der Waals surface area contributed by atoms with E-state index < -0.39 is 17.5 Å². The summed E-state index contributed by atoms with van der Waals surface area (Å²) in [5, 5.41) is 5.78. The average molecular weight is 472 g/mol. The van der Waals surface area contributed by atoms with Crippen LogP contribution in [0, 0.1) is 11.6 Å². The van der Waals surface area contributed by atoms with Gasteiger partial charge in [-0.15, -0.1) is 0 Å². The topological polar surface area (TPSA) is 83.0 Å². The molecule has 0 unspecified atom stereocenters. The third kappa shape index (κ3) is 4.79. The molecule has 2 N–H and O–H groups in total. The number of anilines is 3. The molecule has 4 aromatic rings. The second kappa shape index (κ2) is 9.84. The van der Waals surface area contributed by atoms with Gasteiger partial charge in [-0.3, -0.25) is 9.78 Å². The molecule has 0 saturated heterocycles. The van der Waals surface area contributed by atoms with Crippen molar-refractivity contribution in [2.24, 2.45) is 0 Å². The quantitative estimate of drug-likeness (QED) is 0.415. The summed E-state index contributed by atoms with van der Waals surface area (Å²) in [6.07, 6.45) is 5.56. The van der Waals surface area contributed by atoms with Gasteiger partial charge in [0, 0.05) is 49.5 Å². The number of para-hydroxylation sites is 1. The Kier molecular flexibility index (Phi) is 6.30. The van der Waals surface area contributed by atoms with E-state index in [2.05, 4.69) is 31.7 Å². The zero-order chi connectivity index (χ0) is 24.2. The van der Waals surface area contributed by atoms with E-state index in [0.717, 1.165) is 17.7 Å². The normalized spacial score (nSPS) is 12.3. The van der Waals surface area contributed by atoms with E-state index in [1.165, 1.54) is 30.0 Å². The molecule has 0 spiro atoms. The number of fused-ring (bicyclic) bond motifs is 1. The van der Waals surface area contributed by atoms with Crippen LogP contribution in [0.2, 0.25) is 0 Å². The fourth-order valence-electron chi connectivity index (χ4n) is 4.00. The molecule has 9 heteroatoms. The van der Waals surface area contributed by atoms with Crippen molar-refractivity contribution in [2.45, 2.75) is 19.5 Å². The molecule has 0 saturated carbocycles. The number of nitrogens with zero attached hydrogens (tertiary/aromatic N) is 4. The minimum Gasteiger partial charge on any atom is -0.365 e. The number of hydrogen-bond acceptors (Lipinski definition) is 6. The van der Waals surface area contributed by atoms with Gasteiger partial charge in [0.05, 0.1) is 0 Å². The van der Waals surface area contributed by atoms with Gasteiger partial charge >= 0.3 is 0 Å². The van der Waals surface area contributed by atoms with Gasteiger partial charge in [-0.05, 0) is 47.9 Å². The van der Waals surface area contributed by atoms with Gasteiger partial charge in [-0.1, -0.05) is 24.3 Å². The number of carbonyl (C=O) groups is 1. The monoisotopic (exact) mass is 472 g/mol. The Balaban J connectivity index is 1.44. The first-order valence-electron chi connectivity index (χ1n) is 11.2. The number of nitrogens with one attached hydrogen (secondary N) is 2.